The van der Waals surface area contributed by atoms with E-state index < -0.39 is 0 Å². The molecule has 0 fully saturated rings. The maximum atomic E-state index is 10.9. The second kappa shape index (κ2) is 3.88. The molecule has 15 heavy (non-hydrogen) atoms. The second-order valence-electron chi connectivity index (χ2n) is 4.49. The van der Waals surface area contributed by atoms with E-state index in [0.717, 1.165) is 11.3 Å². The minimum Gasteiger partial charge on any atom is -0.388 e. The highest BCUT2D eigenvalue weighted by Gasteiger charge is 2.24. The Hall–Kier alpha value is -1.58. The lowest BCUT2D eigenvalue weighted by molar-refractivity contribution is -0.386. The molecule has 0 aromatic heterocycles. The van der Waals surface area contributed by atoms with Crippen LogP contribution in [0.5, 0.6) is 0 Å². The van der Waals surface area contributed by atoms with E-state index in [2.05, 4.69) is 5.32 Å². The van der Waals surface area contributed by atoms with E-state index in [0.29, 0.717) is 0 Å². The number of hydrogen-bond acceptors (Lipinski definition) is 3. The fourth-order valence-electron chi connectivity index (χ4n) is 1.45. The first-order valence-corrected chi connectivity index (χ1v) is 4.83. The first-order chi connectivity index (χ1) is 6.86. The van der Waals surface area contributed by atoms with Crippen molar-refractivity contribution in [3.05, 3.63) is 33.9 Å². The number of nitrogens with zero attached hydrogens (tertiary/aromatic N) is 1. The highest BCUT2D eigenvalue weighted by atomic mass is 16.6. The number of nitro benzene ring substituents is 1. The Morgan fingerprint density at radius 1 is 1.33 bits per heavy atom. The van der Waals surface area contributed by atoms with Gasteiger partial charge in [0.1, 0.15) is 0 Å². The van der Waals surface area contributed by atoms with Crippen LogP contribution in [-0.4, -0.2) is 12.0 Å². The largest absolute Gasteiger partial charge is 0.388 e. The summed E-state index contributed by atoms with van der Waals surface area (Å²) >= 11 is 0. The highest BCUT2D eigenvalue weighted by molar-refractivity contribution is 5.56. The van der Waals surface area contributed by atoms with Gasteiger partial charge in [-0.05, 0) is 17.5 Å². The Kier molecular flexibility index (Phi) is 2.98. The summed E-state index contributed by atoms with van der Waals surface area (Å²) < 4.78 is 0. The average Bonchev–Trinajstić information content (AvgIpc) is 2.15. The third-order valence-corrected chi connectivity index (χ3v) is 2.29. The third kappa shape index (κ3) is 2.46. The molecule has 4 heteroatoms. The van der Waals surface area contributed by atoms with Crippen LogP contribution >= 0.6 is 0 Å². The summed E-state index contributed by atoms with van der Waals surface area (Å²) in [5.74, 6) is 0. The molecule has 4 nitrogen and oxygen atoms in total. The lowest BCUT2D eigenvalue weighted by Crippen LogP contribution is -2.14. The number of anilines is 1. The summed E-state index contributed by atoms with van der Waals surface area (Å²) in [5, 5.41) is 13.8. The Bertz CT molecular complexity index is 381. The van der Waals surface area contributed by atoms with E-state index in [1.165, 1.54) is 0 Å². The van der Waals surface area contributed by atoms with Crippen molar-refractivity contribution in [1.29, 1.82) is 0 Å². The van der Waals surface area contributed by atoms with Gasteiger partial charge in [0, 0.05) is 24.4 Å². The lowest BCUT2D eigenvalue weighted by Gasteiger charge is -2.19. The van der Waals surface area contributed by atoms with Crippen molar-refractivity contribution in [2.75, 3.05) is 12.4 Å². The second-order valence-corrected chi connectivity index (χ2v) is 4.49. The van der Waals surface area contributed by atoms with E-state index >= 15 is 0 Å². The van der Waals surface area contributed by atoms with Gasteiger partial charge in [-0.15, -0.1) is 0 Å². The van der Waals surface area contributed by atoms with Crippen molar-refractivity contribution in [2.45, 2.75) is 26.2 Å². The van der Waals surface area contributed by atoms with Gasteiger partial charge < -0.3 is 5.32 Å². The molecule has 0 aliphatic heterocycles. The van der Waals surface area contributed by atoms with E-state index in [-0.39, 0.29) is 16.0 Å². The molecular formula is C11H16N2O2. The maximum absolute atomic E-state index is 10.9. The molecule has 1 rings (SSSR count). The monoisotopic (exact) mass is 208 g/mol. The molecule has 0 atom stereocenters. The van der Waals surface area contributed by atoms with Gasteiger partial charge in [0.25, 0.3) is 5.69 Å². The average molecular weight is 208 g/mol. The van der Waals surface area contributed by atoms with Gasteiger partial charge in [0.05, 0.1) is 4.92 Å². The quantitative estimate of drug-likeness (QED) is 0.600. The van der Waals surface area contributed by atoms with Crippen molar-refractivity contribution >= 4 is 11.4 Å². The molecule has 0 radical (unpaired) electrons. The van der Waals surface area contributed by atoms with Crippen molar-refractivity contribution in [1.82, 2.24) is 0 Å². The zero-order valence-electron chi connectivity index (χ0n) is 9.50. The van der Waals surface area contributed by atoms with Crippen LogP contribution in [-0.2, 0) is 5.41 Å². The maximum Gasteiger partial charge on any atom is 0.273 e. The van der Waals surface area contributed by atoms with Crippen molar-refractivity contribution in [2.24, 2.45) is 0 Å². The predicted molar refractivity (Wildman–Crippen MR) is 61.3 cm³/mol. The van der Waals surface area contributed by atoms with Gasteiger partial charge in [-0.25, -0.2) is 0 Å². The SMILES string of the molecule is CNc1ccc([N+](=O)[O-])c(C(C)(C)C)c1. The lowest BCUT2D eigenvalue weighted by atomic mass is 9.85. The van der Waals surface area contributed by atoms with Crippen LogP contribution in [0.15, 0.2) is 18.2 Å². The molecule has 1 aromatic carbocycles. The van der Waals surface area contributed by atoms with Gasteiger partial charge >= 0.3 is 0 Å². The molecule has 0 amide bonds. The molecule has 0 saturated heterocycles. The smallest absolute Gasteiger partial charge is 0.273 e. The van der Waals surface area contributed by atoms with E-state index in [1.54, 1.807) is 19.2 Å². The van der Waals surface area contributed by atoms with E-state index in [4.69, 9.17) is 0 Å². The summed E-state index contributed by atoms with van der Waals surface area (Å²) in [6, 6.07) is 5.10. The van der Waals surface area contributed by atoms with Crippen LogP contribution in [0.1, 0.15) is 26.3 Å². The molecule has 1 N–H and O–H groups in total. The molecule has 82 valence electrons. The number of nitro groups is 1. The number of rotatable bonds is 2. The molecule has 0 saturated carbocycles. The molecule has 0 unspecified atom stereocenters. The normalized spacial score (nSPS) is 11.2. The molecular weight excluding hydrogens is 192 g/mol. The zero-order valence-corrected chi connectivity index (χ0v) is 9.50. The minimum absolute atomic E-state index is 0.182. The van der Waals surface area contributed by atoms with Crippen molar-refractivity contribution < 1.29 is 4.92 Å². The standard InChI is InChI=1S/C11H16N2O2/c1-11(2,3)9-7-8(12-4)5-6-10(9)13(14)15/h5-7,12H,1-4H3. The first kappa shape index (κ1) is 11.5. The molecule has 0 spiro atoms. The van der Waals surface area contributed by atoms with Gasteiger partial charge in [-0.3, -0.25) is 10.1 Å². The Morgan fingerprint density at radius 3 is 2.33 bits per heavy atom. The summed E-state index contributed by atoms with van der Waals surface area (Å²) in [6.07, 6.45) is 0. The van der Waals surface area contributed by atoms with E-state index in [9.17, 15) is 10.1 Å². The van der Waals surface area contributed by atoms with Gasteiger partial charge in [-0.1, -0.05) is 20.8 Å². The van der Waals surface area contributed by atoms with Gasteiger partial charge in [0.15, 0.2) is 0 Å². The Labute approximate surface area is 89.5 Å². The summed E-state index contributed by atoms with van der Waals surface area (Å²) in [7, 11) is 1.80. The number of nitrogens with one attached hydrogen (secondary N) is 1. The minimum atomic E-state index is -0.333. The fraction of sp³-hybridized carbons (Fsp3) is 0.455. The first-order valence-electron chi connectivity index (χ1n) is 4.83. The third-order valence-electron chi connectivity index (χ3n) is 2.29. The number of benzene rings is 1. The van der Waals surface area contributed by atoms with Crippen molar-refractivity contribution in [3.8, 4) is 0 Å². The van der Waals surface area contributed by atoms with Crippen LogP contribution in [0, 0.1) is 10.1 Å². The van der Waals surface area contributed by atoms with Crippen LogP contribution < -0.4 is 5.32 Å². The zero-order chi connectivity index (χ0) is 11.6. The van der Waals surface area contributed by atoms with Crippen LogP contribution in [0.3, 0.4) is 0 Å². The topological polar surface area (TPSA) is 55.2 Å². The fourth-order valence-corrected chi connectivity index (χ4v) is 1.45. The van der Waals surface area contributed by atoms with E-state index in [1.807, 2.05) is 26.8 Å². The van der Waals surface area contributed by atoms with Crippen LogP contribution in [0.2, 0.25) is 0 Å². The Morgan fingerprint density at radius 2 is 1.93 bits per heavy atom. The van der Waals surface area contributed by atoms with Gasteiger partial charge in [-0.2, -0.15) is 0 Å². The summed E-state index contributed by atoms with van der Waals surface area (Å²) in [6.45, 7) is 5.90. The van der Waals surface area contributed by atoms with Crippen molar-refractivity contribution in [3.63, 3.8) is 0 Å². The highest BCUT2D eigenvalue weighted by Crippen LogP contribution is 2.32. The summed E-state index contributed by atoms with van der Waals surface area (Å²) in [4.78, 5) is 10.5. The molecule has 1 aromatic rings. The molecule has 0 bridgehead atoms. The summed E-state index contributed by atoms with van der Waals surface area (Å²) in [5.41, 5.74) is 1.60. The van der Waals surface area contributed by atoms with Gasteiger partial charge in [0.2, 0.25) is 0 Å². The number of hydrogen-bond donors (Lipinski definition) is 1. The van der Waals surface area contributed by atoms with Crippen LogP contribution in [0.4, 0.5) is 11.4 Å². The molecule has 0 aliphatic rings. The Balaban J connectivity index is 3.36. The molecule has 0 aliphatic carbocycles. The van der Waals surface area contributed by atoms with Crippen LogP contribution in [0.25, 0.3) is 0 Å². The predicted octanol–water partition coefficient (Wildman–Crippen LogP) is 2.93. The molecule has 0 heterocycles.